The molecule has 0 saturated carbocycles. The Bertz CT molecular complexity index is 486. The predicted molar refractivity (Wildman–Crippen MR) is 59.6 cm³/mol. The molecule has 96 valence electrons. The van der Waals surface area contributed by atoms with Crippen molar-refractivity contribution in [3.05, 3.63) is 28.3 Å². The minimum absolute atomic E-state index is 0.00296. The summed E-state index contributed by atoms with van der Waals surface area (Å²) in [5.41, 5.74) is -0.212. The molecule has 1 heterocycles. The number of rotatable bonds is 4. The van der Waals surface area contributed by atoms with E-state index in [0.29, 0.717) is 12.2 Å². The Labute approximate surface area is 102 Å². The molecule has 1 unspecified atom stereocenters. The largest absolute Gasteiger partial charge is 0.497 e. The van der Waals surface area contributed by atoms with Crippen LogP contribution in [0.3, 0.4) is 0 Å². The maximum atomic E-state index is 11.3. The first-order chi connectivity index (χ1) is 8.61. The Morgan fingerprint density at radius 1 is 1.50 bits per heavy atom. The molecule has 0 aromatic heterocycles. The van der Waals surface area contributed by atoms with Gasteiger partial charge in [0.05, 0.1) is 18.6 Å². The molecule has 1 aromatic carbocycles. The number of esters is 1. The highest BCUT2D eigenvalue weighted by Crippen LogP contribution is 2.32. The highest BCUT2D eigenvalue weighted by molar-refractivity contribution is 5.77. The zero-order valence-electron chi connectivity index (χ0n) is 9.62. The van der Waals surface area contributed by atoms with Gasteiger partial charge >= 0.3 is 11.7 Å². The van der Waals surface area contributed by atoms with Gasteiger partial charge in [0.25, 0.3) is 0 Å². The topological polar surface area (TPSA) is 87.9 Å². The van der Waals surface area contributed by atoms with Gasteiger partial charge in [0.1, 0.15) is 5.75 Å². The Kier molecular flexibility index (Phi) is 3.31. The zero-order chi connectivity index (χ0) is 13.1. The first kappa shape index (κ1) is 12.2. The normalized spacial score (nSPS) is 18.3. The van der Waals surface area contributed by atoms with Crippen LogP contribution in [0.4, 0.5) is 5.69 Å². The minimum atomic E-state index is -0.796. The summed E-state index contributed by atoms with van der Waals surface area (Å²) in [5, 5.41) is 10.8. The van der Waals surface area contributed by atoms with Crippen molar-refractivity contribution in [3.8, 4) is 11.5 Å². The van der Waals surface area contributed by atoms with Crippen molar-refractivity contribution in [1.29, 1.82) is 0 Å². The molecule has 0 bridgehead atoms. The van der Waals surface area contributed by atoms with E-state index in [2.05, 4.69) is 0 Å². The quantitative estimate of drug-likeness (QED) is 0.456. The van der Waals surface area contributed by atoms with Crippen LogP contribution in [0.5, 0.6) is 11.5 Å². The van der Waals surface area contributed by atoms with Crippen LogP contribution in [0, 0.1) is 10.1 Å². The third-order valence-electron chi connectivity index (χ3n) is 2.52. The maximum absolute atomic E-state index is 11.3. The van der Waals surface area contributed by atoms with Crippen LogP contribution < -0.4 is 9.47 Å². The van der Waals surface area contributed by atoms with Crippen molar-refractivity contribution in [1.82, 2.24) is 0 Å². The second-order valence-electron chi connectivity index (χ2n) is 3.65. The average Bonchev–Trinajstić information content (AvgIpc) is 2.74. The van der Waals surface area contributed by atoms with Crippen LogP contribution in [0.2, 0.25) is 0 Å². The lowest BCUT2D eigenvalue weighted by atomic mass is 10.2. The molecule has 1 fully saturated rings. The summed E-state index contributed by atoms with van der Waals surface area (Å²) >= 11 is 0. The number of hydrogen-bond acceptors (Lipinski definition) is 6. The van der Waals surface area contributed by atoms with Gasteiger partial charge in [-0.05, 0) is 6.07 Å². The lowest BCUT2D eigenvalue weighted by molar-refractivity contribution is -0.386. The van der Waals surface area contributed by atoms with Gasteiger partial charge in [-0.2, -0.15) is 0 Å². The monoisotopic (exact) mass is 253 g/mol. The number of hydrogen-bond donors (Lipinski definition) is 0. The summed E-state index contributed by atoms with van der Waals surface area (Å²) in [4.78, 5) is 21.5. The molecule has 1 saturated heterocycles. The van der Waals surface area contributed by atoms with E-state index in [9.17, 15) is 14.9 Å². The number of benzene rings is 1. The van der Waals surface area contributed by atoms with E-state index in [4.69, 9.17) is 14.2 Å². The average molecular weight is 253 g/mol. The molecule has 18 heavy (non-hydrogen) atoms. The number of carbonyl (C=O) groups is 1. The van der Waals surface area contributed by atoms with Crippen LogP contribution in [0.15, 0.2) is 18.2 Å². The third-order valence-corrected chi connectivity index (χ3v) is 2.52. The molecule has 0 amide bonds. The molecule has 2 rings (SSSR count). The maximum Gasteiger partial charge on any atom is 0.347 e. The van der Waals surface area contributed by atoms with E-state index in [-0.39, 0.29) is 18.0 Å². The van der Waals surface area contributed by atoms with E-state index < -0.39 is 17.0 Å². The molecule has 1 aliphatic rings. The number of cyclic esters (lactones) is 1. The number of methoxy groups -OCH3 is 1. The molecule has 1 aliphatic heterocycles. The van der Waals surface area contributed by atoms with Crippen molar-refractivity contribution in [3.63, 3.8) is 0 Å². The second kappa shape index (κ2) is 4.91. The zero-order valence-corrected chi connectivity index (χ0v) is 9.62. The minimum Gasteiger partial charge on any atom is -0.497 e. The first-order valence-corrected chi connectivity index (χ1v) is 5.27. The fraction of sp³-hybridized carbons (Fsp3) is 0.364. The molecule has 1 atom stereocenters. The highest BCUT2D eigenvalue weighted by Gasteiger charge is 2.30. The number of ether oxygens (including phenoxy) is 3. The molecule has 0 N–H and O–H groups in total. The molecule has 0 spiro atoms. The van der Waals surface area contributed by atoms with E-state index in [1.165, 1.54) is 25.3 Å². The number of nitrogens with zero attached hydrogens (tertiary/aromatic N) is 1. The Hall–Kier alpha value is -2.31. The first-order valence-electron chi connectivity index (χ1n) is 5.27. The number of carbonyl (C=O) groups excluding carboxylic acids is 1. The molecule has 7 nitrogen and oxygen atoms in total. The van der Waals surface area contributed by atoms with Crippen LogP contribution in [-0.2, 0) is 9.53 Å². The predicted octanol–water partition coefficient (Wildman–Crippen LogP) is 1.30. The van der Waals surface area contributed by atoms with E-state index in [0.717, 1.165) is 0 Å². The summed E-state index contributed by atoms with van der Waals surface area (Å²) in [6, 6.07) is 4.11. The number of nitro groups is 1. The second-order valence-corrected chi connectivity index (χ2v) is 3.65. The smallest absolute Gasteiger partial charge is 0.347 e. The van der Waals surface area contributed by atoms with Crippen molar-refractivity contribution < 1.29 is 23.9 Å². The van der Waals surface area contributed by atoms with Crippen molar-refractivity contribution >= 4 is 11.7 Å². The fourth-order valence-electron chi connectivity index (χ4n) is 1.60. The van der Waals surface area contributed by atoms with E-state index >= 15 is 0 Å². The van der Waals surface area contributed by atoms with Gasteiger partial charge in [-0.25, -0.2) is 4.79 Å². The van der Waals surface area contributed by atoms with Gasteiger partial charge in [0.2, 0.25) is 5.75 Å². The van der Waals surface area contributed by atoms with Crippen molar-refractivity contribution in [2.24, 2.45) is 0 Å². The molecule has 1 aromatic rings. The SMILES string of the molecule is COc1ccc([N+](=O)[O-])c(OC2CCOC2=O)c1. The molecule has 0 radical (unpaired) electrons. The number of nitro benzene ring substituents is 1. The molecular formula is C11H11NO6. The highest BCUT2D eigenvalue weighted by atomic mass is 16.6. The van der Waals surface area contributed by atoms with Gasteiger partial charge in [0.15, 0.2) is 6.10 Å². The van der Waals surface area contributed by atoms with Gasteiger partial charge in [-0.1, -0.05) is 0 Å². The summed E-state index contributed by atoms with van der Waals surface area (Å²) < 4.78 is 15.0. The van der Waals surface area contributed by atoms with Crippen LogP contribution in [0.1, 0.15) is 6.42 Å². The Balaban J connectivity index is 2.28. The van der Waals surface area contributed by atoms with Gasteiger partial charge in [-0.3, -0.25) is 10.1 Å². The van der Waals surface area contributed by atoms with E-state index in [1.807, 2.05) is 0 Å². The lowest BCUT2D eigenvalue weighted by Crippen LogP contribution is -2.22. The summed E-state index contributed by atoms with van der Waals surface area (Å²) in [5.74, 6) is -0.0858. The fourth-order valence-corrected chi connectivity index (χ4v) is 1.60. The molecular weight excluding hydrogens is 242 g/mol. The van der Waals surface area contributed by atoms with Crippen molar-refractivity contribution in [2.75, 3.05) is 13.7 Å². The third kappa shape index (κ3) is 2.34. The van der Waals surface area contributed by atoms with Gasteiger partial charge in [-0.15, -0.1) is 0 Å². The Morgan fingerprint density at radius 2 is 2.28 bits per heavy atom. The summed E-state index contributed by atoms with van der Waals surface area (Å²) in [6.07, 6.45) is -0.413. The summed E-state index contributed by atoms with van der Waals surface area (Å²) in [7, 11) is 1.44. The standard InChI is InChI=1S/C11H11NO6/c1-16-7-2-3-8(12(14)15)10(6-7)18-9-4-5-17-11(9)13/h2-3,6,9H,4-5H2,1H3. The molecule has 0 aliphatic carbocycles. The van der Waals surface area contributed by atoms with Gasteiger partial charge in [0, 0.05) is 18.6 Å². The lowest BCUT2D eigenvalue weighted by Gasteiger charge is -2.11. The van der Waals surface area contributed by atoms with Crippen LogP contribution >= 0.6 is 0 Å². The van der Waals surface area contributed by atoms with Crippen molar-refractivity contribution in [2.45, 2.75) is 12.5 Å². The molecule has 7 heteroatoms. The van der Waals surface area contributed by atoms with Crippen LogP contribution in [0.25, 0.3) is 0 Å². The summed E-state index contributed by atoms with van der Waals surface area (Å²) in [6.45, 7) is 0.265. The van der Waals surface area contributed by atoms with Gasteiger partial charge < -0.3 is 14.2 Å². The van der Waals surface area contributed by atoms with Crippen LogP contribution in [-0.4, -0.2) is 30.7 Å². The van der Waals surface area contributed by atoms with E-state index in [1.54, 1.807) is 0 Å². The Morgan fingerprint density at radius 3 is 2.83 bits per heavy atom.